The predicted octanol–water partition coefficient (Wildman–Crippen LogP) is 3.99. The van der Waals surface area contributed by atoms with Crippen LogP contribution in [0, 0.1) is 10.1 Å². The number of nitrogens with zero attached hydrogens (tertiary/aromatic N) is 4. The normalized spacial score (nSPS) is 11.6. The second kappa shape index (κ2) is 12.9. The number of nitro benzene ring substituents is 1. The lowest BCUT2D eigenvalue weighted by Gasteiger charge is -2.25. The molecule has 0 aliphatic carbocycles. The van der Waals surface area contributed by atoms with E-state index in [-0.39, 0.29) is 16.5 Å². The molecule has 0 fully saturated rings. The molecule has 4 N–H and O–H groups in total. The number of benzene rings is 3. The number of nitro groups is 1. The highest BCUT2D eigenvalue weighted by atomic mass is 32.2. The highest BCUT2D eigenvalue weighted by molar-refractivity contribution is 7.79. The van der Waals surface area contributed by atoms with E-state index < -0.39 is 16.0 Å². The zero-order valence-electron chi connectivity index (χ0n) is 21.6. The predicted molar refractivity (Wildman–Crippen MR) is 150 cm³/mol. The van der Waals surface area contributed by atoms with Crippen LogP contribution in [0.2, 0.25) is 0 Å². The number of methoxy groups -OCH3 is 1. The molecule has 0 bridgehead atoms. The van der Waals surface area contributed by atoms with Crippen molar-refractivity contribution in [2.45, 2.75) is 17.7 Å². The minimum Gasteiger partial charge on any atom is -0.768 e. The maximum atomic E-state index is 11.3. The van der Waals surface area contributed by atoms with Gasteiger partial charge in [0.25, 0.3) is 5.69 Å². The summed E-state index contributed by atoms with van der Waals surface area (Å²) in [5.41, 5.74) is 14.6. The van der Waals surface area contributed by atoms with Crippen LogP contribution in [0.4, 0.5) is 28.8 Å². The molecule has 0 radical (unpaired) electrons. The quantitative estimate of drug-likeness (QED) is 0.110. The summed E-state index contributed by atoms with van der Waals surface area (Å²) in [6.07, 6.45) is 2.64. The van der Waals surface area contributed by atoms with Crippen LogP contribution in [0.25, 0.3) is 0 Å². The van der Waals surface area contributed by atoms with Crippen molar-refractivity contribution in [2.24, 2.45) is 0 Å². The van der Waals surface area contributed by atoms with E-state index in [0.29, 0.717) is 49.0 Å². The molecule has 0 saturated heterocycles. The number of non-ortho nitro benzene ring substituents is 1. The van der Waals surface area contributed by atoms with Crippen molar-refractivity contribution < 1.29 is 23.2 Å². The van der Waals surface area contributed by atoms with Crippen LogP contribution in [0.3, 0.4) is 0 Å². The first-order valence-corrected chi connectivity index (χ1v) is 13.2. The molecule has 13 heteroatoms. The van der Waals surface area contributed by atoms with Gasteiger partial charge in [-0.15, -0.1) is 0 Å². The van der Waals surface area contributed by atoms with Gasteiger partial charge in [0.15, 0.2) is 11.5 Å². The zero-order chi connectivity index (χ0) is 28.6. The molecule has 40 heavy (non-hydrogen) atoms. The molecule has 0 aliphatic rings. The monoisotopic (exact) mass is 563 g/mol. The van der Waals surface area contributed by atoms with E-state index in [1.54, 1.807) is 37.6 Å². The summed E-state index contributed by atoms with van der Waals surface area (Å²) in [5.74, 6) is 1.54. The Hall–Kier alpha value is -4.75. The van der Waals surface area contributed by atoms with E-state index in [0.717, 1.165) is 16.8 Å². The lowest BCUT2D eigenvalue weighted by molar-refractivity contribution is -0.384. The van der Waals surface area contributed by atoms with Crippen molar-refractivity contribution in [1.29, 1.82) is 0 Å². The average molecular weight is 564 g/mol. The van der Waals surface area contributed by atoms with Crippen LogP contribution >= 0.6 is 0 Å². The summed E-state index contributed by atoms with van der Waals surface area (Å²) in [6, 6.07) is 18.1. The van der Waals surface area contributed by atoms with Gasteiger partial charge in [0.2, 0.25) is 5.95 Å². The SMILES string of the molecule is COc1ccc(Cc2cnc(N)nc2N)cc1OCCCN(c1ccc([N+](=O)[O-])cc1)c1ccc(S(=O)[O-])cc1. The van der Waals surface area contributed by atoms with Gasteiger partial charge in [0, 0.05) is 53.1 Å². The molecule has 1 aromatic heterocycles. The molecule has 0 aliphatic heterocycles. The third-order valence-electron chi connectivity index (χ3n) is 6.04. The number of nitrogens with two attached hydrogens (primary N) is 2. The van der Waals surface area contributed by atoms with E-state index in [4.69, 9.17) is 20.9 Å². The van der Waals surface area contributed by atoms with Crippen LogP contribution < -0.4 is 25.8 Å². The van der Waals surface area contributed by atoms with Gasteiger partial charge in [-0.2, -0.15) is 4.98 Å². The fourth-order valence-corrected chi connectivity index (χ4v) is 4.40. The topological polar surface area (TPSA) is 183 Å². The number of hydrogen-bond donors (Lipinski definition) is 2. The Morgan fingerprint density at radius 3 is 2.27 bits per heavy atom. The molecule has 0 saturated carbocycles. The summed E-state index contributed by atoms with van der Waals surface area (Å²) in [6.45, 7) is 0.817. The zero-order valence-corrected chi connectivity index (χ0v) is 22.4. The molecule has 0 spiro atoms. The van der Waals surface area contributed by atoms with Gasteiger partial charge in [0.1, 0.15) is 5.82 Å². The first-order chi connectivity index (χ1) is 19.2. The minimum absolute atomic E-state index is 0.0246. The second-order valence-corrected chi connectivity index (χ2v) is 9.60. The van der Waals surface area contributed by atoms with Crippen LogP contribution in [0.5, 0.6) is 11.5 Å². The van der Waals surface area contributed by atoms with Gasteiger partial charge >= 0.3 is 0 Å². The van der Waals surface area contributed by atoms with Crippen LogP contribution in [0.1, 0.15) is 17.5 Å². The Balaban J connectivity index is 1.47. The van der Waals surface area contributed by atoms with E-state index in [1.807, 2.05) is 23.1 Å². The molecule has 4 aromatic rings. The number of aromatic nitrogens is 2. The van der Waals surface area contributed by atoms with Crippen molar-refractivity contribution in [1.82, 2.24) is 9.97 Å². The van der Waals surface area contributed by atoms with Crippen molar-refractivity contribution in [3.05, 3.63) is 94.2 Å². The Bertz CT molecular complexity index is 1440. The summed E-state index contributed by atoms with van der Waals surface area (Å²) in [7, 11) is 1.56. The molecular weight excluding hydrogens is 536 g/mol. The third-order valence-corrected chi connectivity index (χ3v) is 6.69. The summed E-state index contributed by atoms with van der Waals surface area (Å²) in [4.78, 5) is 20.7. The first kappa shape index (κ1) is 28.3. The Kier molecular flexibility index (Phi) is 9.09. The third kappa shape index (κ3) is 7.01. The lowest BCUT2D eigenvalue weighted by atomic mass is 10.1. The smallest absolute Gasteiger partial charge is 0.269 e. The van der Waals surface area contributed by atoms with Crippen molar-refractivity contribution in [3.63, 3.8) is 0 Å². The van der Waals surface area contributed by atoms with E-state index in [9.17, 15) is 18.9 Å². The van der Waals surface area contributed by atoms with Crippen LogP contribution in [-0.2, 0) is 17.5 Å². The maximum Gasteiger partial charge on any atom is 0.269 e. The van der Waals surface area contributed by atoms with Crippen LogP contribution in [0.15, 0.2) is 77.8 Å². The molecule has 208 valence electrons. The number of ether oxygens (including phenoxy) is 2. The molecule has 12 nitrogen and oxygen atoms in total. The van der Waals surface area contributed by atoms with E-state index >= 15 is 0 Å². The maximum absolute atomic E-state index is 11.3. The Labute approximate surface area is 233 Å². The number of rotatable bonds is 12. The fraction of sp³-hybridized carbons (Fsp3) is 0.185. The van der Waals surface area contributed by atoms with Gasteiger partial charge in [0.05, 0.1) is 18.6 Å². The molecule has 1 heterocycles. The van der Waals surface area contributed by atoms with Crippen molar-refractivity contribution >= 4 is 39.9 Å². The van der Waals surface area contributed by atoms with Gasteiger partial charge in [-0.1, -0.05) is 6.07 Å². The van der Waals surface area contributed by atoms with Gasteiger partial charge in [-0.05, 0) is 71.6 Å². The summed E-state index contributed by atoms with van der Waals surface area (Å²) in [5, 5.41) is 11.1. The molecule has 1 atom stereocenters. The van der Waals surface area contributed by atoms with Gasteiger partial charge in [-0.3, -0.25) is 14.3 Å². The largest absolute Gasteiger partial charge is 0.768 e. The highest BCUT2D eigenvalue weighted by Gasteiger charge is 2.14. The molecular formula is C27H27N6O6S-. The molecule has 0 amide bonds. The number of anilines is 4. The van der Waals surface area contributed by atoms with Crippen molar-refractivity contribution in [3.8, 4) is 11.5 Å². The standard InChI is InChI=1S/C27H28N6O6S/c1-38-24-12-3-18(15-19-17-30-27(29)31-26(19)28)16-25(24)39-14-2-13-32(20-4-6-22(7-5-20)33(34)35)21-8-10-23(11-9-21)40(36)37/h3-12,16-17H,2,13-15H2,1H3,(H,36,37)(H4,28,29,30,31)/p-1. The average Bonchev–Trinajstić information content (AvgIpc) is 2.95. The van der Waals surface area contributed by atoms with Gasteiger partial charge < -0.3 is 30.4 Å². The molecule has 4 rings (SSSR count). The Morgan fingerprint density at radius 2 is 1.68 bits per heavy atom. The van der Waals surface area contributed by atoms with Gasteiger partial charge in [-0.25, -0.2) is 4.98 Å². The number of hydrogen-bond acceptors (Lipinski definition) is 11. The fourth-order valence-electron chi connectivity index (χ4n) is 4.04. The molecule has 3 aromatic carbocycles. The number of nitrogen functional groups attached to an aromatic ring is 2. The Morgan fingerprint density at radius 1 is 1.00 bits per heavy atom. The van der Waals surface area contributed by atoms with Crippen LogP contribution in [-0.4, -0.2) is 43.9 Å². The van der Waals surface area contributed by atoms with E-state index in [1.165, 1.54) is 24.3 Å². The van der Waals surface area contributed by atoms with Crippen molar-refractivity contribution in [2.75, 3.05) is 36.6 Å². The minimum atomic E-state index is -2.35. The summed E-state index contributed by atoms with van der Waals surface area (Å²) >= 11 is -2.35. The van der Waals surface area contributed by atoms with E-state index in [2.05, 4.69) is 9.97 Å². The second-order valence-electron chi connectivity index (χ2n) is 8.66. The highest BCUT2D eigenvalue weighted by Crippen LogP contribution is 2.31. The summed E-state index contributed by atoms with van der Waals surface area (Å²) < 4.78 is 34.1. The first-order valence-electron chi connectivity index (χ1n) is 12.1. The molecule has 1 unspecified atom stereocenters. The lowest BCUT2D eigenvalue weighted by Crippen LogP contribution is -2.20.